The van der Waals surface area contributed by atoms with E-state index in [9.17, 15) is 4.79 Å². The first kappa shape index (κ1) is 24.3. The molecule has 0 aliphatic carbocycles. The summed E-state index contributed by atoms with van der Waals surface area (Å²) in [7, 11) is 1.68. The standard InChI is InChI=1S/C28H35N5O3/c1-35-23-9-7-22(8-10-23)32-13-15-33(16-14-32)27-21-25(24-5-2-3-6-26(24)30-27)28(34)29-11-4-12-31-17-19-36-20-18-31/h2-3,5-10,21H,4,11-20H2,1H3,(H,29,34). The van der Waals surface area contributed by atoms with Crippen LogP contribution in [0.25, 0.3) is 10.9 Å². The van der Waals surface area contributed by atoms with E-state index in [-0.39, 0.29) is 5.91 Å². The summed E-state index contributed by atoms with van der Waals surface area (Å²) in [6, 6.07) is 18.1. The van der Waals surface area contributed by atoms with Crippen molar-refractivity contribution >= 4 is 28.3 Å². The van der Waals surface area contributed by atoms with E-state index >= 15 is 0 Å². The molecule has 190 valence electrons. The highest BCUT2D eigenvalue weighted by atomic mass is 16.5. The van der Waals surface area contributed by atoms with Gasteiger partial charge in [-0.2, -0.15) is 0 Å². The van der Waals surface area contributed by atoms with Gasteiger partial charge in [0.2, 0.25) is 0 Å². The number of aromatic nitrogens is 1. The van der Waals surface area contributed by atoms with Gasteiger partial charge in [0, 0.05) is 56.9 Å². The predicted molar refractivity (Wildman–Crippen MR) is 143 cm³/mol. The molecule has 8 heteroatoms. The molecule has 2 aliphatic rings. The number of ether oxygens (including phenoxy) is 2. The summed E-state index contributed by atoms with van der Waals surface area (Å²) in [5, 5.41) is 4.03. The topological polar surface area (TPSA) is 70.2 Å². The molecule has 1 amide bonds. The quantitative estimate of drug-likeness (QED) is 0.488. The minimum atomic E-state index is -0.0336. The van der Waals surface area contributed by atoms with E-state index in [0.29, 0.717) is 12.1 Å². The minimum absolute atomic E-state index is 0.0336. The Bertz CT molecular complexity index is 1160. The Morgan fingerprint density at radius 3 is 2.44 bits per heavy atom. The minimum Gasteiger partial charge on any atom is -0.497 e. The number of amides is 1. The molecule has 1 N–H and O–H groups in total. The van der Waals surface area contributed by atoms with E-state index in [1.165, 1.54) is 5.69 Å². The predicted octanol–water partition coefficient (Wildman–Crippen LogP) is 3.02. The number of morpholine rings is 1. The maximum Gasteiger partial charge on any atom is 0.252 e. The van der Waals surface area contributed by atoms with Gasteiger partial charge in [0.1, 0.15) is 11.6 Å². The molecule has 36 heavy (non-hydrogen) atoms. The van der Waals surface area contributed by atoms with Crippen LogP contribution in [0.15, 0.2) is 54.6 Å². The second kappa shape index (κ2) is 11.6. The van der Waals surface area contributed by atoms with E-state index < -0.39 is 0 Å². The SMILES string of the molecule is COc1ccc(N2CCN(c3cc(C(=O)NCCCN4CCOCC4)c4ccccc4n3)CC2)cc1. The number of nitrogens with zero attached hydrogens (tertiary/aromatic N) is 4. The van der Waals surface area contributed by atoms with Gasteiger partial charge in [0.25, 0.3) is 5.91 Å². The third-order valence-corrected chi connectivity index (χ3v) is 7.03. The molecular weight excluding hydrogens is 454 g/mol. The Balaban J connectivity index is 1.24. The third-order valence-electron chi connectivity index (χ3n) is 7.03. The number of carbonyl (C=O) groups excluding carboxylic acids is 1. The molecule has 0 spiro atoms. The molecular formula is C28H35N5O3. The van der Waals surface area contributed by atoms with Crippen LogP contribution in [0.1, 0.15) is 16.8 Å². The van der Waals surface area contributed by atoms with Crippen LogP contribution in [-0.2, 0) is 4.74 Å². The lowest BCUT2D eigenvalue weighted by atomic mass is 10.1. The molecule has 0 atom stereocenters. The van der Waals surface area contributed by atoms with Gasteiger partial charge in [-0.25, -0.2) is 4.98 Å². The lowest BCUT2D eigenvalue weighted by molar-refractivity contribution is 0.0374. The molecule has 0 unspecified atom stereocenters. The van der Waals surface area contributed by atoms with Crippen molar-refractivity contribution in [3.63, 3.8) is 0 Å². The normalized spacial score (nSPS) is 16.8. The van der Waals surface area contributed by atoms with E-state index in [1.54, 1.807) is 7.11 Å². The number of fused-ring (bicyclic) bond motifs is 1. The molecule has 8 nitrogen and oxygen atoms in total. The van der Waals surface area contributed by atoms with Crippen LogP contribution >= 0.6 is 0 Å². The number of para-hydroxylation sites is 1. The van der Waals surface area contributed by atoms with Gasteiger partial charge < -0.3 is 24.6 Å². The smallest absolute Gasteiger partial charge is 0.252 e. The van der Waals surface area contributed by atoms with Gasteiger partial charge in [0.15, 0.2) is 0 Å². The van der Waals surface area contributed by atoms with Crippen molar-refractivity contribution < 1.29 is 14.3 Å². The number of anilines is 2. The Morgan fingerprint density at radius 2 is 1.69 bits per heavy atom. The van der Waals surface area contributed by atoms with Crippen LogP contribution in [-0.4, -0.2) is 88.5 Å². The number of rotatable bonds is 8. The van der Waals surface area contributed by atoms with E-state index in [2.05, 4.69) is 32.1 Å². The Labute approximate surface area is 212 Å². The summed E-state index contributed by atoms with van der Waals surface area (Å²) in [4.78, 5) is 25.2. The number of benzene rings is 2. The van der Waals surface area contributed by atoms with Crippen LogP contribution in [0.2, 0.25) is 0 Å². The first-order valence-electron chi connectivity index (χ1n) is 12.8. The molecule has 3 aromatic rings. The molecule has 0 saturated carbocycles. The highest BCUT2D eigenvalue weighted by Crippen LogP contribution is 2.26. The van der Waals surface area contributed by atoms with Crippen LogP contribution in [0.5, 0.6) is 5.75 Å². The molecule has 2 aromatic carbocycles. The van der Waals surface area contributed by atoms with Crippen molar-refractivity contribution in [2.75, 3.05) is 82.5 Å². The number of hydrogen-bond acceptors (Lipinski definition) is 7. The fourth-order valence-electron chi connectivity index (χ4n) is 4.92. The Hall–Kier alpha value is -3.36. The molecule has 1 aromatic heterocycles. The van der Waals surface area contributed by atoms with Crippen molar-refractivity contribution in [3.8, 4) is 5.75 Å². The summed E-state index contributed by atoms with van der Waals surface area (Å²) >= 11 is 0. The fraction of sp³-hybridized carbons (Fsp3) is 0.429. The summed E-state index contributed by atoms with van der Waals surface area (Å²) in [6.45, 7) is 8.64. The summed E-state index contributed by atoms with van der Waals surface area (Å²) in [5.74, 6) is 1.69. The number of piperazine rings is 1. The lowest BCUT2D eigenvalue weighted by Crippen LogP contribution is -2.47. The van der Waals surface area contributed by atoms with Crippen molar-refractivity contribution in [2.24, 2.45) is 0 Å². The second-order valence-corrected chi connectivity index (χ2v) is 9.28. The first-order valence-corrected chi connectivity index (χ1v) is 12.8. The molecule has 5 rings (SSSR count). The maximum atomic E-state index is 13.2. The van der Waals surface area contributed by atoms with E-state index in [0.717, 1.165) is 87.9 Å². The molecule has 3 heterocycles. The number of carbonyl (C=O) groups is 1. The number of pyridine rings is 1. The zero-order valence-corrected chi connectivity index (χ0v) is 21.0. The molecule has 2 aliphatic heterocycles. The first-order chi connectivity index (χ1) is 17.7. The zero-order chi connectivity index (χ0) is 24.7. The highest BCUT2D eigenvalue weighted by molar-refractivity contribution is 6.07. The number of methoxy groups -OCH3 is 1. The maximum absolute atomic E-state index is 13.2. The summed E-state index contributed by atoms with van der Waals surface area (Å²) in [6.07, 6.45) is 0.926. The average Bonchev–Trinajstić information content (AvgIpc) is 2.95. The zero-order valence-electron chi connectivity index (χ0n) is 21.0. The van der Waals surface area contributed by atoms with Crippen molar-refractivity contribution in [1.29, 1.82) is 0 Å². The van der Waals surface area contributed by atoms with Gasteiger partial charge >= 0.3 is 0 Å². The van der Waals surface area contributed by atoms with Gasteiger partial charge in [-0.3, -0.25) is 9.69 Å². The Kier molecular flexibility index (Phi) is 7.83. The van der Waals surface area contributed by atoms with Crippen molar-refractivity contribution in [3.05, 3.63) is 60.2 Å². The van der Waals surface area contributed by atoms with Crippen molar-refractivity contribution in [2.45, 2.75) is 6.42 Å². The van der Waals surface area contributed by atoms with E-state index in [1.807, 2.05) is 42.5 Å². The molecule has 0 bridgehead atoms. The Morgan fingerprint density at radius 1 is 0.972 bits per heavy atom. The molecule has 2 saturated heterocycles. The van der Waals surface area contributed by atoms with E-state index in [4.69, 9.17) is 14.5 Å². The van der Waals surface area contributed by atoms with Crippen LogP contribution < -0.4 is 19.9 Å². The van der Waals surface area contributed by atoms with Crippen LogP contribution in [0.4, 0.5) is 11.5 Å². The van der Waals surface area contributed by atoms with Crippen molar-refractivity contribution in [1.82, 2.24) is 15.2 Å². The number of hydrogen-bond donors (Lipinski definition) is 1. The summed E-state index contributed by atoms with van der Waals surface area (Å²) < 4.78 is 10.7. The van der Waals surface area contributed by atoms with Gasteiger partial charge in [-0.05, 0) is 49.4 Å². The fourth-order valence-corrected chi connectivity index (χ4v) is 4.92. The molecule has 2 fully saturated rings. The highest BCUT2D eigenvalue weighted by Gasteiger charge is 2.21. The third kappa shape index (κ3) is 5.71. The van der Waals surface area contributed by atoms with Gasteiger partial charge in [-0.15, -0.1) is 0 Å². The molecule has 0 radical (unpaired) electrons. The second-order valence-electron chi connectivity index (χ2n) is 9.28. The lowest BCUT2D eigenvalue weighted by Gasteiger charge is -2.37. The van der Waals surface area contributed by atoms with Gasteiger partial charge in [-0.1, -0.05) is 18.2 Å². The largest absolute Gasteiger partial charge is 0.497 e. The number of nitrogens with one attached hydrogen (secondary N) is 1. The van der Waals surface area contributed by atoms with Crippen LogP contribution in [0.3, 0.4) is 0 Å². The van der Waals surface area contributed by atoms with Crippen LogP contribution in [0, 0.1) is 0 Å². The van der Waals surface area contributed by atoms with Gasteiger partial charge in [0.05, 0.1) is 31.4 Å². The summed E-state index contributed by atoms with van der Waals surface area (Å²) in [5.41, 5.74) is 2.74. The monoisotopic (exact) mass is 489 g/mol. The average molecular weight is 490 g/mol.